The number of rotatable bonds is 2. The van der Waals surface area contributed by atoms with Gasteiger partial charge in [-0.25, -0.2) is 14.8 Å². The second-order valence-electron chi connectivity index (χ2n) is 6.63. The van der Waals surface area contributed by atoms with Gasteiger partial charge in [-0.1, -0.05) is 0 Å². The molecule has 1 aromatic rings. The zero-order valence-corrected chi connectivity index (χ0v) is 13.2. The van der Waals surface area contributed by atoms with Crippen LogP contribution in [0.25, 0.3) is 0 Å². The molecule has 3 fully saturated rings. The molecule has 0 aliphatic carbocycles. The minimum absolute atomic E-state index is 0.0511. The van der Waals surface area contributed by atoms with Crippen LogP contribution in [0.3, 0.4) is 0 Å². The van der Waals surface area contributed by atoms with Crippen molar-refractivity contribution in [2.75, 3.05) is 32.8 Å². The van der Waals surface area contributed by atoms with E-state index in [-0.39, 0.29) is 17.7 Å². The van der Waals surface area contributed by atoms with Gasteiger partial charge >= 0.3 is 12.0 Å². The van der Waals surface area contributed by atoms with Gasteiger partial charge in [-0.3, -0.25) is 0 Å². The number of hydrogen-bond acceptors (Lipinski definition) is 5. The van der Waals surface area contributed by atoms with Crippen LogP contribution in [0.15, 0.2) is 18.5 Å². The maximum Gasteiger partial charge on any atom is 0.320 e. The molecule has 0 bridgehead atoms. The third-order valence-corrected chi connectivity index (χ3v) is 4.87. The lowest BCUT2D eigenvalue weighted by atomic mass is 9.85. The fourth-order valence-corrected chi connectivity index (χ4v) is 3.69. The molecule has 1 atom stereocenters. The maximum atomic E-state index is 12.4. The van der Waals surface area contributed by atoms with Gasteiger partial charge in [-0.15, -0.1) is 0 Å². The van der Waals surface area contributed by atoms with Crippen LogP contribution in [-0.2, 0) is 4.74 Å². The lowest BCUT2D eigenvalue weighted by molar-refractivity contribution is -0.175. The molecular formula is C16H22N4O3. The Morgan fingerprint density at radius 1 is 1.22 bits per heavy atom. The van der Waals surface area contributed by atoms with E-state index in [9.17, 15) is 4.79 Å². The van der Waals surface area contributed by atoms with E-state index in [4.69, 9.17) is 9.47 Å². The third-order valence-electron chi connectivity index (χ3n) is 4.87. The summed E-state index contributed by atoms with van der Waals surface area (Å²) in [4.78, 5) is 24.4. The topological polar surface area (TPSA) is 67.8 Å². The molecule has 3 saturated heterocycles. The van der Waals surface area contributed by atoms with E-state index in [1.54, 1.807) is 18.5 Å². The summed E-state index contributed by atoms with van der Waals surface area (Å²) >= 11 is 0. The average molecular weight is 318 g/mol. The molecule has 23 heavy (non-hydrogen) atoms. The Morgan fingerprint density at radius 3 is 2.70 bits per heavy atom. The van der Waals surface area contributed by atoms with Gasteiger partial charge in [-0.2, -0.15) is 0 Å². The summed E-state index contributed by atoms with van der Waals surface area (Å²) in [5.41, 5.74) is -0.243. The number of amides is 2. The predicted molar refractivity (Wildman–Crippen MR) is 82.1 cm³/mol. The summed E-state index contributed by atoms with van der Waals surface area (Å²) in [7, 11) is 0. The molecule has 0 aromatic carbocycles. The fraction of sp³-hybridized carbons (Fsp3) is 0.688. The van der Waals surface area contributed by atoms with Crippen LogP contribution in [0.2, 0.25) is 0 Å². The first-order chi connectivity index (χ1) is 11.2. The number of urea groups is 1. The average Bonchev–Trinajstić information content (AvgIpc) is 3.07. The molecule has 0 saturated carbocycles. The van der Waals surface area contributed by atoms with Gasteiger partial charge in [0, 0.05) is 38.3 Å². The minimum atomic E-state index is -0.243. The molecule has 3 aliphatic rings. The summed E-state index contributed by atoms with van der Waals surface area (Å²) in [6.07, 6.45) is 7.27. The lowest BCUT2D eigenvalue weighted by Crippen LogP contribution is -2.69. The Morgan fingerprint density at radius 2 is 1.96 bits per heavy atom. The summed E-state index contributed by atoms with van der Waals surface area (Å²) in [6.45, 7) is 3.76. The van der Waals surface area contributed by atoms with E-state index >= 15 is 0 Å². The van der Waals surface area contributed by atoms with E-state index in [0.29, 0.717) is 25.7 Å². The van der Waals surface area contributed by atoms with Crippen molar-refractivity contribution >= 4 is 6.03 Å². The highest BCUT2D eigenvalue weighted by atomic mass is 16.5. The first-order valence-corrected chi connectivity index (χ1v) is 8.36. The summed E-state index contributed by atoms with van der Waals surface area (Å²) in [5, 5.41) is 0. The largest absolute Gasteiger partial charge is 0.460 e. The molecule has 7 nitrogen and oxygen atoms in total. The zero-order valence-electron chi connectivity index (χ0n) is 13.2. The number of aromatic nitrogens is 2. The van der Waals surface area contributed by atoms with Crippen molar-refractivity contribution in [3.05, 3.63) is 18.5 Å². The monoisotopic (exact) mass is 318 g/mol. The van der Waals surface area contributed by atoms with Crippen LogP contribution >= 0.6 is 0 Å². The van der Waals surface area contributed by atoms with Gasteiger partial charge in [0.05, 0.1) is 19.7 Å². The van der Waals surface area contributed by atoms with Gasteiger partial charge < -0.3 is 19.3 Å². The molecule has 1 spiro atoms. The highest BCUT2D eigenvalue weighted by Crippen LogP contribution is 2.36. The molecule has 1 aromatic heterocycles. The smallest absolute Gasteiger partial charge is 0.320 e. The number of ether oxygens (including phenoxy) is 2. The van der Waals surface area contributed by atoms with Gasteiger partial charge in [0.2, 0.25) is 0 Å². The van der Waals surface area contributed by atoms with Gasteiger partial charge in [-0.05, 0) is 18.9 Å². The molecule has 0 N–H and O–H groups in total. The highest BCUT2D eigenvalue weighted by Gasteiger charge is 2.50. The van der Waals surface area contributed by atoms with Crippen LogP contribution in [0.5, 0.6) is 6.01 Å². The molecule has 3 aliphatic heterocycles. The second-order valence-corrected chi connectivity index (χ2v) is 6.63. The molecule has 1 unspecified atom stereocenters. The van der Waals surface area contributed by atoms with Crippen molar-refractivity contribution in [2.45, 2.75) is 37.4 Å². The molecule has 0 radical (unpaired) electrons. The zero-order chi connectivity index (χ0) is 15.7. The number of nitrogens with zero attached hydrogens (tertiary/aromatic N) is 4. The quantitative estimate of drug-likeness (QED) is 0.822. The normalized spacial score (nSPS) is 26.2. The van der Waals surface area contributed by atoms with E-state index < -0.39 is 0 Å². The second kappa shape index (κ2) is 5.96. The van der Waals surface area contributed by atoms with E-state index in [1.165, 1.54) is 0 Å². The highest BCUT2D eigenvalue weighted by molar-refractivity contribution is 5.76. The van der Waals surface area contributed by atoms with Crippen molar-refractivity contribution < 1.29 is 14.3 Å². The van der Waals surface area contributed by atoms with Gasteiger partial charge in [0.15, 0.2) is 0 Å². The maximum absolute atomic E-state index is 12.4. The van der Waals surface area contributed by atoms with Crippen molar-refractivity contribution in [3.8, 4) is 6.01 Å². The molecule has 4 heterocycles. The van der Waals surface area contributed by atoms with Crippen LogP contribution in [0.4, 0.5) is 4.79 Å². The van der Waals surface area contributed by atoms with Crippen LogP contribution in [0.1, 0.15) is 25.7 Å². The number of hydrogen-bond donors (Lipinski definition) is 0. The van der Waals surface area contributed by atoms with E-state index in [0.717, 1.165) is 38.8 Å². The van der Waals surface area contributed by atoms with Gasteiger partial charge in [0.1, 0.15) is 11.7 Å². The van der Waals surface area contributed by atoms with Gasteiger partial charge in [0.25, 0.3) is 0 Å². The third kappa shape index (κ3) is 2.97. The number of carbonyl (C=O) groups is 1. The van der Waals surface area contributed by atoms with Crippen molar-refractivity contribution in [1.82, 2.24) is 19.8 Å². The van der Waals surface area contributed by atoms with E-state index in [1.807, 2.05) is 9.80 Å². The SMILES string of the molecule is O=C(N1CCCC1)N1CC2(CC(Oc3ncccn3)CCO2)C1. The molecule has 2 amide bonds. The molecular weight excluding hydrogens is 296 g/mol. The van der Waals surface area contributed by atoms with Crippen LogP contribution in [0, 0.1) is 0 Å². The van der Waals surface area contributed by atoms with Crippen molar-refractivity contribution in [2.24, 2.45) is 0 Å². The summed E-state index contributed by atoms with van der Waals surface area (Å²) < 4.78 is 11.8. The predicted octanol–water partition coefficient (Wildman–Crippen LogP) is 1.30. The summed E-state index contributed by atoms with van der Waals surface area (Å²) in [6, 6.07) is 2.34. The summed E-state index contributed by atoms with van der Waals surface area (Å²) in [5.74, 6) is 0. The van der Waals surface area contributed by atoms with E-state index in [2.05, 4.69) is 9.97 Å². The standard InChI is InChI=1S/C16H22N4O3/c21-15(19-7-1-2-8-19)20-11-16(12-20)10-13(4-9-22-16)23-14-17-5-3-6-18-14/h3,5-6,13H,1-2,4,7-12H2. The lowest BCUT2D eigenvalue weighted by Gasteiger charge is -2.53. The molecule has 7 heteroatoms. The van der Waals surface area contributed by atoms with Crippen LogP contribution in [-0.4, -0.2) is 70.3 Å². The minimum Gasteiger partial charge on any atom is -0.460 e. The Bertz CT molecular complexity index is 556. The van der Waals surface area contributed by atoms with Crippen molar-refractivity contribution in [1.29, 1.82) is 0 Å². The fourth-order valence-electron chi connectivity index (χ4n) is 3.69. The van der Waals surface area contributed by atoms with Crippen molar-refractivity contribution in [3.63, 3.8) is 0 Å². The Balaban J connectivity index is 1.32. The first-order valence-electron chi connectivity index (χ1n) is 8.36. The Labute approximate surface area is 135 Å². The Kier molecular flexibility index (Phi) is 3.80. The number of likely N-dealkylation sites (tertiary alicyclic amines) is 2. The van der Waals surface area contributed by atoms with Crippen LogP contribution < -0.4 is 4.74 Å². The first kappa shape index (κ1) is 14.7. The Hall–Kier alpha value is -1.89. The number of carbonyl (C=O) groups excluding carboxylic acids is 1. The molecule has 4 rings (SSSR count). The molecule has 124 valence electrons.